The second-order valence-corrected chi connectivity index (χ2v) is 4.61. The zero-order valence-electron chi connectivity index (χ0n) is 9.55. The highest BCUT2D eigenvalue weighted by Crippen LogP contribution is 2.15. The summed E-state index contributed by atoms with van der Waals surface area (Å²) in [6.45, 7) is 0.161. The Bertz CT molecular complexity index is 605. The summed E-state index contributed by atoms with van der Waals surface area (Å²) >= 11 is 1.12. The van der Waals surface area contributed by atoms with Crippen LogP contribution in [0.4, 0.5) is 0 Å². The van der Waals surface area contributed by atoms with E-state index in [0.717, 1.165) is 21.6 Å². The molecule has 0 aliphatic heterocycles. The highest BCUT2D eigenvalue weighted by molar-refractivity contribution is 7.16. The Morgan fingerprint density at radius 3 is 2.94 bits per heavy atom. The summed E-state index contributed by atoms with van der Waals surface area (Å²) in [4.78, 5) is 23.2. The topological polar surface area (TPSA) is 83.4 Å². The summed E-state index contributed by atoms with van der Waals surface area (Å²) in [7, 11) is 0. The van der Waals surface area contributed by atoms with Crippen molar-refractivity contribution in [1.29, 1.82) is 0 Å². The van der Waals surface area contributed by atoms with Crippen molar-refractivity contribution >= 4 is 27.5 Å². The molecule has 0 saturated carbocycles. The molecule has 2 rings (SSSR count). The number of carbonyl (C=O) groups excluding carboxylic acids is 1. The lowest BCUT2D eigenvalue weighted by atomic mass is 10.3. The van der Waals surface area contributed by atoms with Crippen LogP contribution >= 0.6 is 11.3 Å². The van der Waals surface area contributed by atoms with Gasteiger partial charge in [0.1, 0.15) is 6.54 Å². The van der Waals surface area contributed by atoms with Crippen LogP contribution in [0.2, 0.25) is 0 Å². The van der Waals surface area contributed by atoms with E-state index in [1.54, 1.807) is 0 Å². The molecule has 18 heavy (non-hydrogen) atoms. The van der Waals surface area contributed by atoms with Gasteiger partial charge in [-0.15, -0.1) is 0 Å². The van der Waals surface area contributed by atoms with Gasteiger partial charge in [-0.1, -0.05) is 23.5 Å². The Kier molecular flexibility index (Phi) is 4.08. The van der Waals surface area contributed by atoms with Gasteiger partial charge in [0.15, 0.2) is 0 Å². The molecule has 6 nitrogen and oxygen atoms in total. The summed E-state index contributed by atoms with van der Waals surface area (Å²) in [5, 5.41) is 8.55. The molecule has 1 heterocycles. The van der Waals surface area contributed by atoms with Gasteiger partial charge in [-0.05, 0) is 12.1 Å². The van der Waals surface area contributed by atoms with E-state index in [9.17, 15) is 9.59 Å². The Morgan fingerprint density at radius 1 is 1.39 bits per heavy atom. The van der Waals surface area contributed by atoms with Gasteiger partial charge in [0.25, 0.3) is 5.91 Å². The van der Waals surface area contributed by atoms with Gasteiger partial charge in [0.05, 0.1) is 16.8 Å². The molecule has 96 valence electrons. The SMILES string of the molecule is O=C(Cn1c(=O)sc2ccccc21)NNCCO. The number of carbonyl (C=O) groups is 1. The van der Waals surface area contributed by atoms with Crippen LogP contribution in [0.3, 0.4) is 0 Å². The van der Waals surface area contributed by atoms with Gasteiger partial charge in [-0.2, -0.15) is 0 Å². The van der Waals surface area contributed by atoms with E-state index < -0.39 is 0 Å². The number of thiazole rings is 1. The van der Waals surface area contributed by atoms with E-state index in [2.05, 4.69) is 10.9 Å². The van der Waals surface area contributed by atoms with Crippen molar-refractivity contribution in [3.05, 3.63) is 33.9 Å². The van der Waals surface area contributed by atoms with Gasteiger partial charge in [0.2, 0.25) is 0 Å². The average Bonchev–Trinajstić information content (AvgIpc) is 2.67. The molecule has 2 aromatic rings. The highest BCUT2D eigenvalue weighted by atomic mass is 32.1. The summed E-state index contributed by atoms with van der Waals surface area (Å²) in [5.41, 5.74) is 5.72. The van der Waals surface area contributed by atoms with Crippen LogP contribution in [0.5, 0.6) is 0 Å². The Morgan fingerprint density at radius 2 is 2.17 bits per heavy atom. The minimum atomic E-state index is -0.325. The van der Waals surface area contributed by atoms with E-state index >= 15 is 0 Å². The zero-order chi connectivity index (χ0) is 13.0. The number of nitrogens with one attached hydrogen (secondary N) is 2. The Hall–Kier alpha value is -1.70. The summed E-state index contributed by atoms with van der Waals surface area (Å²) < 4.78 is 2.29. The van der Waals surface area contributed by atoms with E-state index in [1.165, 1.54) is 4.57 Å². The number of nitrogens with zero attached hydrogens (tertiary/aromatic N) is 1. The maximum Gasteiger partial charge on any atom is 0.308 e. The summed E-state index contributed by atoms with van der Waals surface area (Å²) in [6, 6.07) is 7.33. The lowest BCUT2D eigenvalue weighted by Crippen LogP contribution is -2.41. The minimum Gasteiger partial charge on any atom is -0.395 e. The molecule has 0 saturated heterocycles. The molecule has 0 bridgehead atoms. The van der Waals surface area contributed by atoms with Gasteiger partial charge < -0.3 is 5.11 Å². The number of rotatable bonds is 5. The van der Waals surface area contributed by atoms with Crippen molar-refractivity contribution < 1.29 is 9.90 Å². The Balaban J connectivity index is 2.14. The molecule has 0 fully saturated rings. The van der Waals surface area contributed by atoms with Gasteiger partial charge >= 0.3 is 4.87 Å². The average molecular weight is 267 g/mol. The van der Waals surface area contributed by atoms with Crippen LogP contribution in [0, 0.1) is 0 Å². The number of aliphatic hydroxyl groups is 1. The van der Waals surface area contributed by atoms with Crippen molar-refractivity contribution in [2.45, 2.75) is 6.54 Å². The first-order chi connectivity index (χ1) is 8.72. The number of aromatic nitrogens is 1. The molecule has 0 atom stereocenters. The lowest BCUT2D eigenvalue weighted by molar-refractivity contribution is -0.122. The first-order valence-electron chi connectivity index (χ1n) is 5.43. The quantitative estimate of drug-likeness (QED) is 0.512. The molecule has 1 aromatic heterocycles. The fraction of sp³-hybridized carbons (Fsp3) is 0.273. The van der Waals surface area contributed by atoms with Gasteiger partial charge in [0, 0.05) is 6.54 Å². The molecule has 0 aliphatic rings. The lowest BCUT2D eigenvalue weighted by Gasteiger charge is -2.06. The number of hydrogen-bond donors (Lipinski definition) is 3. The van der Waals surface area contributed by atoms with Crippen molar-refractivity contribution in [2.75, 3.05) is 13.2 Å². The maximum absolute atomic E-state index is 11.7. The standard InChI is InChI=1S/C11H13N3O3S/c15-6-5-12-13-10(16)7-14-8-3-1-2-4-9(8)18-11(14)17/h1-4,12,15H,5-7H2,(H,13,16). The number of fused-ring (bicyclic) bond motifs is 1. The first kappa shape index (κ1) is 12.7. The first-order valence-corrected chi connectivity index (χ1v) is 6.25. The molecule has 0 radical (unpaired) electrons. The summed E-state index contributed by atoms with van der Waals surface area (Å²) in [6.07, 6.45) is 0. The predicted molar refractivity (Wildman–Crippen MR) is 69.3 cm³/mol. The monoisotopic (exact) mass is 267 g/mol. The smallest absolute Gasteiger partial charge is 0.308 e. The molecule has 1 amide bonds. The molecule has 1 aromatic carbocycles. The van der Waals surface area contributed by atoms with Crippen LogP contribution in [0.25, 0.3) is 10.2 Å². The minimum absolute atomic E-state index is 0.0404. The number of para-hydroxylation sites is 1. The molecule has 0 aliphatic carbocycles. The maximum atomic E-state index is 11.7. The number of aliphatic hydroxyl groups excluding tert-OH is 1. The highest BCUT2D eigenvalue weighted by Gasteiger charge is 2.10. The molecular weight excluding hydrogens is 254 g/mol. The fourth-order valence-corrected chi connectivity index (χ4v) is 2.45. The van der Waals surface area contributed by atoms with Crippen molar-refractivity contribution in [2.24, 2.45) is 0 Å². The third-order valence-corrected chi connectivity index (χ3v) is 3.30. The van der Waals surface area contributed by atoms with Crippen molar-refractivity contribution in [1.82, 2.24) is 15.4 Å². The van der Waals surface area contributed by atoms with E-state index in [1.807, 2.05) is 24.3 Å². The predicted octanol–water partition coefficient (Wildman–Crippen LogP) is -0.324. The Labute approximate surface area is 107 Å². The molecular formula is C11H13N3O3S. The van der Waals surface area contributed by atoms with Crippen LogP contribution < -0.4 is 15.7 Å². The zero-order valence-corrected chi connectivity index (χ0v) is 10.4. The number of benzene rings is 1. The van der Waals surface area contributed by atoms with E-state index in [-0.39, 0.29) is 30.5 Å². The number of hydrogen-bond acceptors (Lipinski definition) is 5. The molecule has 0 unspecified atom stereocenters. The van der Waals surface area contributed by atoms with Crippen LogP contribution in [-0.4, -0.2) is 28.7 Å². The van der Waals surface area contributed by atoms with Gasteiger partial charge in [-0.3, -0.25) is 19.6 Å². The molecule has 0 spiro atoms. The number of amides is 1. The second kappa shape index (κ2) is 5.76. The van der Waals surface area contributed by atoms with Crippen LogP contribution in [0.15, 0.2) is 29.1 Å². The molecule has 3 N–H and O–H groups in total. The van der Waals surface area contributed by atoms with Crippen molar-refractivity contribution in [3.8, 4) is 0 Å². The van der Waals surface area contributed by atoms with E-state index in [0.29, 0.717) is 0 Å². The van der Waals surface area contributed by atoms with Crippen LogP contribution in [-0.2, 0) is 11.3 Å². The van der Waals surface area contributed by atoms with Crippen molar-refractivity contribution in [3.63, 3.8) is 0 Å². The third kappa shape index (κ3) is 2.76. The fourth-order valence-electron chi connectivity index (χ4n) is 1.56. The second-order valence-electron chi connectivity index (χ2n) is 3.62. The van der Waals surface area contributed by atoms with Gasteiger partial charge in [-0.25, -0.2) is 5.43 Å². The number of hydrazine groups is 1. The molecule has 7 heteroatoms. The summed E-state index contributed by atoms with van der Waals surface area (Å²) in [5.74, 6) is -0.325. The van der Waals surface area contributed by atoms with Crippen LogP contribution in [0.1, 0.15) is 0 Å². The van der Waals surface area contributed by atoms with E-state index in [4.69, 9.17) is 5.11 Å². The third-order valence-electron chi connectivity index (χ3n) is 2.34. The normalized spacial score (nSPS) is 10.7. The largest absolute Gasteiger partial charge is 0.395 e.